The summed E-state index contributed by atoms with van der Waals surface area (Å²) in [6, 6.07) is 0. The Morgan fingerprint density at radius 1 is 0.800 bits per heavy atom. The van der Waals surface area contributed by atoms with Crippen LogP contribution in [-0.4, -0.2) is 77.1 Å². The van der Waals surface area contributed by atoms with E-state index in [1.807, 2.05) is 0 Å². The Morgan fingerprint density at radius 3 is 1.84 bits per heavy atom. The second-order valence-electron chi connectivity index (χ2n) is 6.23. The van der Waals surface area contributed by atoms with Crippen molar-refractivity contribution in [3.05, 3.63) is 12.2 Å². The van der Waals surface area contributed by atoms with Gasteiger partial charge in [0.15, 0.2) is 0 Å². The molecule has 25 heavy (non-hydrogen) atoms. The van der Waals surface area contributed by atoms with Crippen molar-refractivity contribution in [1.82, 2.24) is 0 Å². The van der Waals surface area contributed by atoms with Crippen molar-refractivity contribution in [2.45, 2.75) is 12.8 Å². The third-order valence-electron chi connectivity index (χ3n) is 4.41. The molecule has 2 aliphatic carbocycles. The van der Waals surface area contributed by atoms with Gasteiger partial charge in [0, 0.05) is 0 Å². The first kappa shape index (κ1) is 20.3. The highest BCUT2D eigenvalue weighted by molar-refractivity contribution is 5.74. The van der Waals surface area contributed by atoms with Crippen LogP contribution >= 0.6 is 0 Å². The molecule has 1 saturated carbocycles. The minimum atomic E-state index is -0.0863. The highest BCUT2D eigenvalue weighted by Gasteiger charge is 2.40. The third kappa shape index (κ3) is 7.83. The van der Waals surface area contributed by atoms with Crippen molar-refractivity contribution in [3.63, 3.8) is 0 Å². The Morgan fingerprint density at radius 2 is 1.36 bits per heavy atom. The van der Waals surface area contributed by atoms with E-state index < -0.39 is 0 Å². The number of allylic oxidation sites excluding steroid dienone is 2. The fourth-order valence-corrected chi connectivity index (χ4v) is 3.19. The maximum absolute atomic E-state index is 12.0. The van der Waals surface area contributed by atoms with Crippen molar-refractivity contribution in [1.29, 1.82) is 0 Å². The fourth-order valence-electron chi connectivity index (χ4n) is 3.19. The van der Waals surface area contributed by atoms with Crippen LogP contribution in [0.4, 0.5) is 0 Å². The third-order valence-corrected chi connectivity index (χ3v) is 4.41. The number of ether oxygens (including phenoxy) is 5. The number of carbonyl (C=O) groups is 1. The maximum Gasteiger partial charge on any atom is 0.309 e. The van der Waals surface area contributed by atoms with Crippen molar-refractivity contribution >= 4 is 5.97 Å². The van der Waals surface area contributed by atoms with Gasteiger partial charge in [-0.3, -0.25) is 4.79 Å². The first-order chi connectivity index (χ1) is 12.3. The normalized spacial score (nSPS) is 24.1. The molecule has 0 aromatic carbocycles. The van der Waals surface area contributed by atoms with E-state index in [0.717, 1.165) is 12.8 Å². The van der Waals surface area contributed by atoms with Gasteiger partial charge in [0.2, 0.25) is 0 Å². The molecule has 0 unspecified atom stereocenters. The SMILES string of the molecule is O=C(OCCOCCOCCOCCOCCO)[C@H]1C[C@@H]2C=C[C@H]1C2. The molecule has 0 amide bonds. The van der Waals surface area contributed by atoms with Crippen LogP contribution in [0.2, 0.25) is 0 Å². The number of esters is 1. The van der Waals surface area contributed by atoms with E-state index in [4.69, 9.17) is 28.8 Å². The fraction of sp³-hybridized carbons (Fsp3) is 0.833. The van der Waals surface area contributed by atoms with Crippen LogP contribution < -0.4 is 0 Å². The summed E-state index contributed by atoms with van der Waals surface area (Å²) >= 11 is 0. The molecule has 144 valence electrons. The van der Waals surface area contributed by atoms with Crippen LogP contribution in [-0.2, 0) is 28.5 Å². The first-order valence-electron chi connectivity index (χ1n) is 9.08. The zero-order chi connectivity index (χ0) is 17.7. The summed E-state index contributed by atoms with van der Waals surface area (Å²) < 4.78 is 26.4. The zero-order valence-electron chi connectivity index (χ0n) is 14.8. The predicted molar refractivity (Wildman–Crippen MR) is 90.2 cm³/mol. The van der Waals surface area contributed by atoms with E-state index in [1.54, 1.807) is 0 Å². The summed E-state index contributed by atoms with van der Waals surface area (Å²) in [5.41, 5.74) is 0. The average molecular weight is 358 g/mol. The molecule has 2 bridgehead atoms. The van der Waals surface area contributed by atoms with E-state index in [9.17, 15) is 4.79 Å². The monoisotopic (exact) mass is 358 g/mol. The molecule has 1 N–H and O–H groups in total. The lowest BCUT2D eigenvalue weighted by molar-refractivity contribution is -0.151. The molecule has 1 fully saturated rings. The van der Waals surface area contributed by atoms with Gasteiger partial charge in [0.25, 0.3) is 0 Å². The molecule has 0 spiro atoms. The van der Waals surface area contributed by atoms with Gasteiger partial charge in [0.1, 0.15) is 6.61 Å². The lowest BCUT2D eigenvalue weighted by Gasteiger charge is -2.16. The van der Waals surface area contributed by atoms with E-state index >= 15 is 0 Å². The molecule has 0 saturated heterocycles. The summed E-state index contributed by atoms with van der Waals surface area (Å²) in [5.74, 6) is 0.924. The quantitative estimate of drug-likeness (QED) is 0.263. The molecule has 2 rings (SSSR count). The Kier molecular flexibility index (Phi) is 10.1. The number of fused-ring (bicyclic) bond motifs is 2. The highest BCUT2D eigenvalue weighted by atomic mass is 16.6. The van der Waals surface area contributed by atoms with Crippen LogP contribution in [0, 0.1) is 17.8 Å². The van der Waals surface area contributed by atoms with E-state index in [-0.39, 0.29) is 18.5 Å². The standard InChI is InChI=1S/C18H30O7/c19-3-4-21-5-6-22-7-8-23-9-10-24-11-12-25-18(20)17-14-15-1-2-16(17)13-15/h1-2,15-17,19H,3-14H2/t15-,16+,17+/m1/s1. The Hall–Kier alpha value is -0.990. The predicted octanol–water partition coefficient (Wildman–Crippen LogP) is 0.801. The summed E-state index contributed by atoms with van der Waals surface area (Å²) in [6.45, 7) is 3.96. The van der Waals surface area contributed by atoms with Gasteiger partial charge < -0.3 is 28.8 Å². The number of aliphatic hydroxyl groups is 1. The topological polar surface area (TPSA) is 83.5 Å². The van der Waals surface area contributed by atoms with Crippen LogP contribution in [0.15, 0.2) is 12.2 Å². The second kappa shape index (κ2) is 12.4. The summed E-state index contributed by atoms with van der Waals surface area (Å²) in [5, 5.41) is 8.52. The van der Waals surface area contributed by atoms with Crippen molar-refractivity contribution in [2.75, 3.05) is 66.1 Å². The van der Waals surface area contributed by atoms with E-state index in [2.05, 4.69) is 12.2 Å². The number of hydrogen-bond donors (Lipinski definition) is 1. The molecule has 0 aromatic heterocycles. The first-order valence-corrected chi connectivity index (χ1v) is 9.08. The molecule has 7 heteroatoms. The molecule has 0 heterocycles. The summed E-state index contributed by atoms with van der Waals surface area (Å²) in [6.07, 6.45) is 6.41. The maximum atomic E-state index is 12.0. The number of aliphatic hydroxyl groups excluding tert-OH is 1. The van der Waals surface area contributed by atoms with Crippen LogP contribution in [0.5, 0.6) is 0 Å². The molecule has 0 aliphatic heterocycles. The van der Waals surface area contributed by atoms with Gasteiger partial charge in [-0.05, 0) is 24.7 Å². The van der Waals surface area contributed by atoms with Gasteiger partial charge in [-0.1, -0.05) is 12.2 Å². The van der Waals surface area contributed by atoms with E-state index in [0.29, 0.717) is 71.3 Å². The zero-order valence-corrected chi connectivity index (χ0v) is 14.8. The molecule has 2 aliphatic rings. The number of rotatable bonds is 15. The Balaban J connectivity index is 1.30. The minimum Gasteiger partial charge on any atom is -0.463 e. The van der Waals surface area contributed by atoms with Gasteiger partial charge in [0.05, 0.1) is 65.4 Å². The summed E-state index contributed by atoms with van der Waals surface area (Å²) in [7, 11) is 0. The molecule has 3 atom stereocenters. The van der Waals surface area contributed by atoms with Gasteiger partial charge >= 0.3 is 5.97 Å². The molecule has 0 aromatic rings. The van der Waals surface area contributed by atoms with Crippen LogP contribution in [0.3, 0.4) is 0 Å². The second-order valence-corrected chi connectivity index (χ2v) is 6.23. The molecular formula is C18H30O7. The summed E-state index contributed by atoms with van der Waals surface area (Å²) in [4.78, 5) is 12.0. The van der Waals surface area contributed by atoms with Crippen LogP contribution in [0.1, 0.15) is 12.8 Å². The smallest absolute Gasteiger partial charge is 0.309 e. The lowest BCUT2D eigenvalue weighted by Crippen LogP contribution is -2.23. The average Bonchev–Trinajstić information content (AvgIpc) is 3.25. The molecule has 0 radical (unpaired) electrons. The van der Waals surface area contributed by atoms with Gasteiger partial charge in [-0.15, -0.1) is 0 Å². The molecule has 7 nitrogen and oxygen atoms in total. The van der Waals surface area contributed by atoms with Gasteiger partial charge in [-0.25, -0.2) is 0 Å². The number of carbonyl (C=O) groups excluding carboxylic acids is 1. The van der Waals surface area contributed by atoms with Crippen LogP contribution in [0.25, 0.3) is 0 Å². The number of hydrogen-bond acceptors (Lipinski definition) is 7. The Bertz CT molecular complexity index is 399. The van der Waals surface area contributed by atoms with Crippen molar-refractivity contribution in [2.24, 2.45) is 17.8 Å². The van der Waals surface area contributed by atoms with Crippen molar-refractivity contribution < 1.29 is 33.6 Å². The highest BCUT2D eigenvalue weighted by Crippen LogP contribution is 2.43. The van der Waals surface area contributed by atoms with E-state index in [1.165, 1.54) is 0 Å². The van der Waals surface area contributed by atoms with Crippen molar-refractivity contribution in [3.8, 4) is 0 Å². The molecular weight excluding hydrogens is 328 g/mol. The largest absolute Gasteiger partial charge is 0.463 e. The minimum absolute atomic E-state index is 0.0290. The lowest BCUT2D eigenvalue weighted by atomic mass is 9.94. The Labute approximate surface area is 149 Å². The van der Waals surface area contributed by atoms with Gasteiger partial charge in [-0.2, -0.15) is 0 Å².